The number of aliphatic carboxylic acids is 1. The van der Waals surface area contributed by atoms with Gasteiger partial charge in [-0.3, -0.25) is 9.59 Å². The standard InChI is InChI=1S/C13H21NO3/c1-9-7-11(9)13(17)14(8-12(15)16)10-5-3-2-4-6-10/h9-11H,2-8H2,1H3,(H,15,16). The van der Waals surface area contributed by atoms with Crippen molar-refractivity contribution in [3.05, 3.63) is 0 Å². The molecule has 1 amide bonds. The zero-order chi connectivity index (χ0) is 12.4. The molecule has 0 aromatic rings. The lowest BCUT2D eigenvalue weighted by Crippen LogP contribution is -2.45. The molecular formula is C13H21NO3. The molecule has 2 atom stereocenters. The van der Waals surface area contributed by atoms with Gasteiger partial charge >= 0.3 is 5.97 Å². The topological polar surface area (TPSA) is 57.6 Å². The Morgan fingerprint density at radius 2 is 1.82 bits per heavy atom. The molecule has 96 valence electrons. The molecule has 2 rings (SSSR count). The summed E-state index contributed by atoms with van der Waals surface area (Å²) in [7, 11) is 0. The van der Waals surface area contributed by atoms with Gasteiger partial charge in [0.2, 0.25) is 5.91 Å². The average molecular weight is 239 g/mol. The van der Waals surface area contributed by atoms with Crippen LogP contribution in [0.15, 0.2) is 0 Å². The van der Waals surface area contributed by atoms with Gasteiger partial charge in [-0.05, 0) is 25.2 Å². The molecule has 17 heavy (non-hydrogen) atoms. The highest BCUT2D eigenvalue weighted by atomic mass is 16.4. The third-order valence-electron chi connectivity index (χ3n) is 4.03. The number of hydrogen-bond acceptors (Lipinski definition) is 2. The second-order valence-corrected chi connectivity index (χ2v) is 5.47. The molecule has 2 fully saturated rings. The number of carboxylic acid groups (broad SMARTS) is 1. The van der Waals surface area contributed by atoms with E-state index in [1.54, 1.807) is 4.90 Å². The van der Waals surface area contributed by atoms with E-state index in [4.69, 9.17) is 5.11 Å². The van der Waals surface area contributed by atoms with Gasteiger partial charge < -0.3 is 10.0 Å². The molecule has 0 saturated heterocycles. The van der Waals surface area contributed by atoms with E-state index in [0.29, 0.717) is 5.92 Å². The SMILES string of the molecule is CC1CC1C(=O)N(CC(=O)O)C1CCCCC1. The van der Waals surface area contributed by atoms with Gasteiger partial charge in [-0.1, -0.05) is 26.2 Å². The van der Waals surface area contributed by atoms with Crippen LogP contribution in [0.2, 0.25) is 0 Å². The van der Waals surface area contributed by atoms with E-state index in [0.717, 1.165) is 32.1 Å². The second kappa shape index (κ2) is 5.07. The Kier molecular flexibility index (Phi) is 3.69. The van der Waals surface area contributed by atoms with Gasteiger partial charge in [-0.15, -0.1) is 0 Å². The predicted molar refractivity (Wildman–Crippen MR) is 63.5 cm³/mol. The van der Waals surface area contributed by atoms with Gasteiger partial charge in [0.1, 0.15) is 6.54 Å². The van der Waals surface area contributed by atoms with Crippen molar-refractivity contribution in [2.24, 2.45) is 11.8 Å². The maximum absolute atomic E-state index is 12.2. The number of carboxylic acids is 1. The van der Waals surface area contributed by atoms with Crippen LogP contribution in [0.5, 0.6) is 0 Å². The van der Waals surface area contributed by atoms with Crippen molar-refractivity contribution in [2.75, 3.05) is 6.54 Å². The van der Waals surface area contributed by atoms with E-state index >= 15 is 0 Å². The van der Waals surface area contributed by atoms with E-state index in [9.17, 15) is 9.59 Å². The van der Waals surface area contributed by atoms with Crippen LogP contribution in [0.4, 0.5) is 0 Å². The van der Waals surface area contributed by atoms with Crippen LogP contribution in [-0.2, 0) is 9.59 Å². The minimum absolute atomic E-state index is 0.0757. The van der Waals surface area contributed by atoms with E-state index in [2.05, 4.69) is 6.92 Å². The van der Waals surface area contributed by atoms with Gasteiger partial charge in [-0.25, -0.2) is 0 Å². The largest absolute Gasteiger partial charge is 0.480 e. The van der Waals surface area contributed by atoms with Gasteiger partial charge in [0.25, 0.3) is 0 Å². The van der Waals surface area contributed by atoms with E-state index in [1.807, 2.05) is 0 Å². The van der Waals surface area contributed by atoms with Crippen molar-refractivity contribution in [3.63, 3.8) is 0 Å². The average Bonchev–Trinajstić information content (AvgIpc) is 3.03. The van der Waals surface area contributed by atoms with Crippen molar-refractivity contribution in [1.29, 1.82) is 0 Å². The first-order valence-electron chi connectivity index (χ1n) is 6.62. The smallest absolute Gasteiger partial charge is 0.323 e. The predicted octanol–water partition coefficient (Wildman–Crippen LogP) is 1.89. The number of carbonyl (C=O) groups excluding carboxylic acids is 1. The van der Waals surface area contributed by atoms with Crippen LogP contribution in [-0.4, -0.2) is 34.5 Å². The number of hydrogen-bond donors (Lipinski definition) is 1. The first-order valence-corrected chi connectivity index (χ1v) is 6.62. The van der Waals surface area contributed by atoms with Crippen LogP contribution >= 0.6 is 0 Å². The fourth-order valence-corrected chi connectivity index (χ4v) is 2.80. The number of nitrogens with zero attached hydrogens (tertiary/aromatic N) is 1. The third kappa shape index (κ3) is 2.99. The number of rotatable bonds is 4. The third-order valence-corrected chi connectivity index (χ3v) is 4.03. The number of amides is 1. The maximum Gasteiger partial charge on any atom is 0.323 e. The van der Waals surface area contributed by atoms with Crippen molar-refractivity contribution in [2.45, 2.75) is 51.5 Å². The summed E-state index contributed by atoms with van der Waals surface area (Å²) in [4.78, 5) is 24.7. The molecule has 0 aliphatic heterocycles. The molecule has 0 aromatic carbocycles. The van der Waals surface area contributed by atoms with E-state index in [-0.39, 0.29) is 24.4 Å². The van der Waals surface area contributed by atoms with Crippen LogP contribution in [0.25, 0.3) is 0 Å². The van der Waals surface area contributed by atoms with Gasteiger partial charge in [0.05, 0.1) is 0 Å². The molecule has 0 radical (unpaired) electrons. The Morgan fingerprint density at radius 1 is 1.24 bits per heavy atom. The summed E-state index contributed by atoms with van der Waals surface area (Å²) in [5.74, 6) is -0.275. The fraction of sp³-hybridized carbons (Fsp3) is 0.846. The summed E-state index contributed by atoms with van der Waals surface area (Å²) < 4.78 is 0. The van der Waals surface area contributed by atoms with Crippen LogP contribution in [0.1, 0.15) is 45.4 Å². The van der Waals surface area contributed by atoms with Gasteiger partial charge in [0.15, 0.2) is 0 Å². The molecule has 2 unspecified atom stereocenters. The molecular weight excluding hydrogens is 218 g/mol. The van der Waals surface area contributed by atoms with Crippen LogP contribution < -0.4 is 0 Å². The Morgan fingerprint density at radius 3 is 2.29 bits per heavy atom. The molecule has 1 N–H and O–H groups in total. The van der Waals surface area contributed by atoms with Crippen LogP contribution in [0.3, 0.4) is 0 Å². The Hall–Kier alpha value is -1.06. The summed E-state index contributed by atoms with van der Waals surface area (Å²) in [5, 5.41) is 8.94. The Bertz CT molecular complexity index is 310. The minimum Gasteiger partial charge on any atom is -0.480 e. The maximum atomic E-state index is 12.2. The molecule has 2 saturated carbocycles. The lowest BCUT2D eigenvalue weighted by atomic mass is 9.94. The fourth-order valence-electron chi connectivity index (χ4n) is 2.80. The summed E-state index contributed by atoms with van der Waals surface area (Å²) in [6, 6.07) is 0.167. The molecule has 4 heteroatoms. The van der Waals surface area contributed by atoms with Crippen LogP contribution in [0, 0.1) is 11.8 Å². The van der Waals surface area contributed by atoms with Crippen molar-refractivity contribution < 1.29 is 14.7 Å². The number of carbonyl (C=O) groups is 2. The lowest BCUT2D eigenvalue weighted by molar-refractivity contribution is -0.147. The summed E-state index contributed by atoms with van der Waals surface area (Å²) in [5.41, 5.74) is 0. The normalized spacial score (nSPS) is 28.8. The lowest BCUT2D eigenvalue weighted by Gasteiger charge is -2.33. The molecule has 4 nitrogen and oxygen atoms in total. The van der Waals surface area contributed by atoms with E-state index < -0.39 is 5.97 Å². The Labute approximate surface area is 102 Å². The quantitative estimate of drug-likeness (QED) is 0.815. The second-order valence-electron chi connectivity index (χ2n) is 5.47. The summed E-state index contributed by atoms with van der Waals surface area (Å²) in [6.07, 6.45) is 6.33. The highest BCUT2D eigenvalue weighted by molar-refractivity contribution is 5.85. The Balaban J connectivity index is 2.01. The molecule has 2 aliphatic carbocycles. The zero-order valence-electron chi connectivity index (χ0n) is 10.4. The monoisotopic (exact) mass is 239 g/mol. The first-order chi connectivity index (χ1) is 8.09. The molecule has 0 aromatic heterocycles. The van der Waals surface area contributed by atoms with Gasteiger partial charge in [0, 0.05) is 12.0 Å². The van der Waals surface area contributed by atoms with E-state index in [1.165, 1.54) is 6.42 Å². The summed E-state index contributed by atoms with van der Waals surface area (Å²) >= 11 is 0. The minimum atomic E-state index is -0.891. The van der Waals surface area contributed by atoms with Crippen molar-refractivity contribution in [3.8, 4) is 0 Å². The molecule has 0 bridgehead atoms. The highest BCUT2D eigenvalue weighted by Gasteiger charge is 2.43. The van der Waals surface area contributed by atoms with Crippen molar-refractivity contribution in [1.82, 2.24) is 4.90 Å². The molecule has 0 spiro atoms. The van der Waals surface area contributed by atoms with Crippen molar-refractivity contribution >= 4 is 11.9 Å². The molecule has 0 heterocycles. The van der Waals surface area contributed by atoms with Gasteiger partial charge in [-0.2, -0.15) is 0 Å². The highest BCUT2D eigenvalue weighted by Crippen LogP contribution is 2.40. The first kappa shape index (κ1) is 12.4. The summed E-state index contributed by atoms with van der Waals surface area (Å²) in [6.45, 7) is 1.94. The zero-order valence-corrected chi connectivity index (χ0v) is 10.4. The molecule has 2 aliphatic rings.